The molecule has 4 aromatic carbocycles. The monoisotopic (exact) mass is 924 g/mol. The normalized spacial score (nSPS) is 16.4. The highest BCUT2D eigenvalue weighted by molar-refractivity contribution is 7.86. The van der Waals surface area contributed by atoms with Crippen LogP contribution in [0, 0.1) is 0 Å². The fraction of sp³-hybridized carbons (Fsp3) is 0.400. The number of allylic oxidation sites excluding steroid dienone is 4. The first-order valence-electron chi connectivity index (χ1n) is 20.0. The molecule has 0 bridgehead atoms. The average Bonchev–Trinajstić information content (AvgIpc) is 3.52. The van der Waals surface area contributed by atoms with Crippen LogP contribution in [0.1, 0.15) is 91.2 Å². The molecule has 2 N–H and O–H groups in total. The number of hydrogen-bond donors (Lipinski definition) is 2. The summed E-state index contributed by atoms with van der Waals surface area (Å²) in [7, 11) is -9.00. The molecule has 0 fully saturated rings. The van der Waals surface area contributed by atoms with Crippen LogP contribution in [0.2, 0.25) is 0 Å². The maximum Gasteiger partial charge on any atom is 0.305 e. The Morgan fingerprint density at radius 1 is 0.700 bits per heavy atom. The standard InChI is InChI=1S/C45H52N2O10S2.BrH/c1-7-56-40(48)22-9-11-28-46-34-26-24-30-32(16-13-18-36(30)58(50,51)52)42(34)44(3,4)38(46)20-15-21-39-45(5,6)43-33-17-14-19-37(59(53,54)55)31(33)25-27-35(43)47(39)29-12-10-23-41(49)57-8-2;/h13-21,24-27H,7-12,22-23,28-29H2,1-6H3,(H-,50,51,52,53,54,55);1H. The molecule has 0 atom stereocenters. The van der Waals surface area contributed by atoms with E-state index in [1.807, 2.05) is 30.3 Å². The summed E-state index contributed by atoms with van der Waals surface area (Å²) in [5.41, 5.74) is 4.25. The molecule has 0 unspecified atom stereocenters. The summed E-state index contributed by atoms with van der Waals surface area (Å²) in [6, 6.07) is 17.0. The molecule has 322 valence electrons. The summed E-state index contributed by atoms with van der Waals surface area (Å²) < 4.78 is 82.5. The van der Waals surface area contributed by atoms with Gasteiger partial charge in [0.05, 0.1) is 18.6 Å². The quantitative estimate of drug-likeness (QED) is 0.0624. The van der Waals surface area contributed by atoms with E-state index in [0.717, 1.165) is 33.9 Å². The number of esters is 2. The molecule has 60 heavy (non-hydrogen) atoms. The van der Waals surface area contributed by atoms with E-state index >= 15 is 0 Å². The van der Waals surface area contributed by atoms with Gasteiger partial charge in [0.1, 0.15) is 16.3 Å². The zero-order valence-corrected chi connectivity index (χ0v) is 38.0. The fourth-order valence-electron chi connectivity index (χ4n) is 8.89. The number of halogens is 1. The molecule has 2 heterocycles. The number of carbonyl (C=O) groups excluding carboxylic acids is 2. The number of nitrogens with zero attached hydrogens (tertiary/aromatic N) is 2. The summed E-state index contributed by atoms with van der Waals surface area (Å²) in [4.78, 5) is 26.2. The van der Waals surface area contributed by atoms with E-state index in [0.29, 0.717) is 73.5 Å². The van der Waals surface area contributed by atoms with Crippen molar-refractivity contribution in [1.29, 1.82) is 0 Å². The van der Waals surface area contributed by atoms with Gasteiger partial charge in [-0.3, -0.25) is 18.7 Å². The summed E-state index contributed by atoms with van der Waals surface area (Å²) in [5, 5.41) is 2.26. The molecular formula is C45H53BrN2O10S2. The molecule has 0 saturated carbocycles. The van der Waals surface area contributed by atoms with Crippen LogP contribution in [-0.4, -0.2) is 74.5 Å². The Bertz CT molecular complexity index is 2650. The van der Waals surface area contributed by atoms with Crippen molar-refractivity contribution in [3.05, 3.63) is 95.7 Å². The van der Waals surface area contributed by atoms with Crippen molar-refractivity contribution >= 4 is 70.8 Å². The number of fused-ring (bicyclic) bond motifs is 6. The van der Waals surface area contributed by atoms with Gasteiger partial charge < -0.3 is 31.4 Å². The van der Waals surface area contributed by atoms with E-state index in [1.54, 1.807) is 38.1 Å². The molecule has 2 aliphatic heterocycles. The van der Waals surface area contributed by atoms with Gasteiger partial charge in [0.15, 0.2) is 5.71 Å². The predicted molar refractivity (Wildman–Crippen MR) is 229 cm³/mol. The van der Waals surface area contributed by atoms with E-state index in [-0.39, 0.29) is 51.6 Å². The number of ether oxygens (including phenoxy) is 2. The van der Waals surface area contributed by atoms with Crippen molar-refractivity contribution in [1.82, 2.24) is 0 Å². The van der Waals surface area contributed by atoms with Gasteiger partial charge in [0, 0.05) is 71.1 Å². The molecular weight excluding hydrogens is 873 g/mol. The molecule has 0 spiro atoms. The van der Waals surface area contributed by atoms with E-state index in [2.05, 4.69) is 49.3 Å². The first-order valence-corrected chi connectivity index (χ1v) is 22.9. The second-order valence-corrected chi connectivity index (χ2v) is 18.7. The van der Waals surface area contributed by atoms with Crippen LogP contribution >= 0.6 is 0 Å². The maximum absolute atomic E-state index is 12.4. The third-order valence-electron chi connectivity index (χ3n) is 11.4. The van der Waals surface area contributed by atoms with Gasteiger partial charge in [-0.15, -0.1) is 0 Å². The second kappa shape index (κ2) is 18.3. The molecule has 4 aromatic rings. The van der Waals surface area contributed by atoms with Crippen LogP contribution in [0.5, 0.6) is 0 Å². The first kappa shape index (κ1) is 46.7. The van der Waals surface area contributed by atoms with Crippen LogP contribution in [0.15, 0.2) is 94.4 Å². The maximum atomic E-state index is 12.4. The molecule has 0 radical (unpaired) electrons. The number of hydrogen-bond acceptors (Lipinski definition) is 9. The Balaban J connectivity index is 0.00000683. The van der Waals surface area contributed by atoms with Gasteiger partial charge in [0.2, 0.25) is 5.69 Å². The third kappa shape index (κ3) is 9.10. The number of anilines is 1. The highest BCUT2D eigenvalue weighted by Crippen LogP contribution is 2.52. The van der Waals surface area contributed by atoms with E-state index < -0.39 is 31.1 Å². The lowest BCUT2D eigenvalue weighted by molar-refractivity contribution is -0.438. The summed E-state index contributed by atoms with van der Waals surface area (Å²) in [6.07, 6.45) is 9.27. The summed E-state index contributed by atoms with van der Waals surface area (Å²) >= 11 is 0. The van der Waals surface area contributed by atoms with Gasteiger partial charge in [-0.2, -0.15) is 21.4 Å². The van der Waals surface area contributed by atoms with Crippen molar-refractivity contribution in [2.24, 2.45) is 0 Å². The van der Waals surface area contributed by atoms with E-state index in [1.165, 1.54) is 12.1 Å². The highest BCUT2D eigenvalue weighted by Gasteiger charge is 2.46. The molecule has 15 heteroatoms. The van der Waals surface area contributed by atoms with Crippen molar-refractivity contribution < 1.29 is 66.6 Å². The fourth-order valence-corrected chi connectivity index (χ4v) is 10.3. The van der Waals surface area contributed by atoms with Crippen LogP contribution in [0.25, 0.3) is 21.5 Å². The van der Waals surface area contributed by atoms with Crippen LogP contribution in [-0.2, 0) is 50.1 Å². The topological polar surface area (TPSA) is 168 Å². The van der Waals surface area contributed by atoms with Crippen molar-refractivity contribution in [2.45, 2.75) is 101 Å². The minimum Gasteiger partial charge on any atom is -1.00 e. The highest BCUT2D eigenvalue weighted by atomic mass is 79.9. The van der Waals surface area contributed by atoms with Gasteiger partial charge in [-0.1, -0.05) is 50.3 Å². The summed E-state index contributed by atoms with van der Waals surface area (Å²) in [6.45, 7) is 13.7. The smallest absolute Gasteiger partial charge is 0.305 e. The van der Waals surface area contributed by atoms with Crippen LogP contribution < -0.4 is 21.9 Å². The zero-order valence-electron chi connectivity index (χ0n) is 34.8. The van der Waals surface area contributed by atoms with E-state index in [4.69, 9.17) is 9.47 Å². The van der Waals surface area contributed by atoms with Gasteiger partial charge in [0.25, 0.3) is 20.2 Å². The lowest BCUT2D eigenvalue weighted by Crippen LogP contribution is -3.00. The SMILES string of the molecule is CCOC(=O)CCCCN1/C(=C\C=C\C2=[N+](CCCCC(=O)OCC)c3ccc4c(S(=O)(=O)O)cccc4c3C2(C)C)C(C)(C)c2c1ccc1c(S(=O)(=O)O)cccc21.[Br-]. The molecule has 6 rings (SSSR count). The number of unbranched alkanes of at least 4 members (excludes halogenated alkanes) is 2. The Kier molecular flexibility index (Phi) is 14.2. The molecule has 0 aliphatic carbocycles. The zero-order chi connectivity index (χ0) is 42.9. The lowest BCUT2D eigenvalue weighted by Gasteiger charge is -2.27. The minimum absolute atomic E-state index is 0. The first-order chi connectivity index (χ1) is 27.8. The van der Waals surface area contributed by atoms with Crippen LogP contribution in [0.3, 0.4) is 0 Å². The van der Waals surface area contributed by atoms with E-state index in [9.17, 15) is 35.5 Å². The number of benzene rings is 4. The summed E-state index contributed by atoms with van der Waals surface area (Å²) in [5.74, 6) is -0.497. The average molecular weight is 926 g/mol. The Morgan fingerprint density at radius 2 is 1.23 bits per heavy atom. The Labute approximate surface area is 363 Å². The second-order valence-electron chi connectivity index (χ2n) is 15.9. The number of carbonyl (C=O) groups is 2. The van der Waals surface area contributed by atoms with Crippen molar-refractivity contribution in [3.63, 3.8) is 0 Å². The Hall–Kier alpha value is -4.41. The molecule has 12 nitrogen and oxygen atoms in total. The molecule has 0 amide bonds. The molecule has 0 aromatic heterocycles. The predicted octanol–water partition coefficient (Wildman–Crippen LogP) is 5.57. The lowest BCUT2D eigenvalue weighted by atomic mass is 9.79. The third-order valence-corrected chi connectivity index (χ3v) is 13.2. The minimum atomic E-state index is -4.50. The van der Waals surface area contributed by atoms with Crippen molar-refractivity contribution in [3.8, 4) is 0 Å². The van der Waals surface area contributed by atoms with Crippen molar-refractivity contribution in [2.75, 3.05) is 31.2 Å². The van der Waals surface area contributed by atoms with Gasteiger partial charge >= 0.3 is 11.9 Å². The van der Waals surface area contributed by atoms with Crippen LogP contribution in [0.4, 0.5) is 11.4 Å². The molecule has 0 saturated heterocycles. The van der Waals surface area contributed by atoms with Gasteiger partial charge in [-0.25, -0.2) is 0 Å². The number of rotatable bonds is 16. The largest absolute Gasteiger partial charge is 1.00 e. The van der Waals surface area contributed by atoms with Gasteiger partial charge in [-0.05, 0) is 93.6 Å². The molecule has 2 aliphatic rings. The Morgan fingerprint density at radius 3 is 1.78 bits per heavy atom.